The number of anilines is 1. The van der Waals surface area contributed by atoms with E-state index < -0.39 is 0 Å². The first-order valence-corrected chi connectivity index (χ1v) is 7.44. The van der Waals surface area contributed by atoms with Gasteiger partial charge in [-0.25, -0.2) is 0 Å². The zero-order chi connectivity index (χ0) is 14.9. The fourth-order valence-electron chi connectivity index (χ4n) is 2.33. The Hall–Kier alpha value is -1.36. The summed E-state index contributed by atoms with van der Waals surface area (Å²) in [6, 6.07) is 7.46. The molecule has 0 aromatic heterocycles. The van der Waals surface area contributed by atoms with Crippen molar-refractivity contribution < 1.29 is 9.59 Å². The zero-order valence-corrected chi connectivity index (χ0v) is 13.5. The largest absolute Gasteiger partial charge is 0.337 e. The average Bonchev–Trinajstić information content (AvgIpc) is 2.74. The van der Waals surface area contributed by atoms with Crippen molar-refractivity contribution in [2.75, 3.05) is 11.9 Å². The number of halogens is 1. The molecule has 0 spiro atoms. The summed E-state index contributed by atoms with van der Waals surface area (Å²) in [4.78, 5) is 26.0. The quantitative estimate of drug-likeness (QED) is 0.900. The van der Waals surface area contributed by atoms with E-state index >= 15 is 0 Å². The lowest BCUT2D eigenvalue weighted by Gasteiger charge is -2.31. The SMILES string of the molecule is CC(C)(C)N1C[C@H](C(=O)Nc2ccccc2Br)CC1=O. The first kappa shape index (κ1) is 15.0. The van der Waals surface area contributed by atoms with Crippen molar-refractivity contribution in [3.05, 3.63) is 28.7 Å². The number of hydrogen-bond donors (Lipinski definition) is 1. The van der Waals surface area contributed by atoms with Crippen LogP contribution in [0.25, 0.3) is 0 Å². The second-order valence-electron chi connectivity index (χ2n) is 6.05. The first-order chi connectivity index (χ1) is 9.29. The van der Waals surface area contributed by atoms with E-state index in [1.165, 1.54) is 0 Å². The van der Waals surface area contributed by atoms with E-state index in [0.717, 1.165) is 10.2 Å². The Morgan fingerprint density at radius 3 is 2.55 bits per heavy atom. The van der Waals surface area contributed by atoms with Crippen LogP contribution in [0.3, 0.4) is 0 Å². The van der Waals surface area contributed by atoms with E-state index in [9.17, 15) is 9.59 Å². The van der Waals surface area contributed by atoms with Crippen LogP contribution in [0.4, 0.5) is 5.69 Å². The van der Waals surface area contributed by atoms with Crippen LogP contribution in [0, 0.1) is 5.92 Å². The summed E-state index contributed by atoms with van der Waals surface area (Å²) in [6.07, 6.45) is 0.285. The van der Waals surface area contributed by atoms with Crippen LogP contribution in [0.1, 0.15) is 27.2 Å². The number of carbonyl (C=O) groups excluding carboxylic acids is 2. The minimum atomic E-state index is -0.283. The van der Waals surface area contributed by atoms with Crippen LogP contribution in [0.15, 0.2) is 28.7 Å². The zero-order valence-electron chi connectivity index (χ0n) is 11.9. The second kappa shape index (κ2) is 5.56. The number of likely N-dealkylation sites (tertiary alicyclic amines) is 1. The standard InChI is InChI=1S/C15H19BrN2O2/c1-15(2,3)18-9-10(8-13(18)19)14(20)17-12-7-5-4-6-11(12)16/h4-7,10H,8-9H2,1-3H3,(H,17,20)/t10-/m1/s1. The molecule has 2 rings (SSSR count). The van der Waals surface area contributed by atoms with Crippen molar-refractivity contribution in [3.63, 3.8) is 0 Å². The van der Waals surface area contributed by atoms with E-state index in [1.807, 2.05) is 45.0 Å². The Bertz CT molecular complexity index is 537. The average molecular weight is 339 g/mol. The van der Waals surface area contributed by atoms with Gasteiger partial charge in [0.15, 0.2) is 0 Å². The van der Waals surface area contributed by atoms with Gasteiger partial charge in [0, 0.05) is 23.0 Å². The highest BCUT2D eigenvalue weighted by Crippen LogP contribution is 2.28. The van der Waals surface area contributed by atoms with Gasteiger partial charge in [-0.3, -0.25) is 9.59 Å². The lowest BCUT2D eigenvalue weighted by atomic mass is 10.1. The highest BCUT2D eigenvalue weighted by molar-refractivity contribution is 9.10. The molecule has 2 amide bonds. The summed E-state index contributed by atoms with van der Waals surface area (Å²) in [5, 5.41) is 2.88. The third-order valence-electron chi connectivity index (χ3n) is 3.44. The van der Waals surface area contributed by atoms with Crippen LogP contribution >= 0.6 is 15.9 Å². The molecule has 1 atom stereocenters. The summed E-state index contributed by atoms with van der Waals surface area (Å²) >= 11 is 3.40. The van der Waals surface area contributed by atoms with Crippen LogP contribution in [0.2, 0.25) is 0 Å². The first-order valence-electron chi connectivity index (χ1n) is 6.65. The summed E-state index contributed by atoms with van der Waals surface area (Å²) < 4.78 is 0.838. The van der Waals surface area contributed by atoms with Gasteiger partial charge in [0.25, 0.3) is 0 Å². The maximum Gasteiger partial charge on any atom is 0.229 e. The van der Waals surface area contributed by atoms with E-state index in [4.69, 9.17) is 0 Å². The van der Waals surface area contributed by atoms with Gasteiger partial charge in [-0.05, 0) is 48.8 Å². The number of amides is 2. The van der Waals surface area contributed by atoms with Crippen molar-refractivity contribution in [2.45, 2.75) is 32.7 Å². The van der Waals surface area contributed by atoms with Gasteiger partial charge in [0.1, 0.15) is 0 Å². The van der Waals surface area contributed by atoms with Gasteiger partial charge in [-0.2, -0.15) is 0 Å². The van der Waals surface area contributed by atoms with E-state index in [1.54, 1.807) is 4.90 Å². The molecule has 20 heavy (non-hydrogen) atoms. The Balaban J connectivity index is 2.05. The smallest absolute Gasteiger partial charge is 0.229 e. The van der Waals surface area contributed by atoms with Crippen molar-refractivity contribution >= 4 is 33.4 Å². The third kappa shape index (κ3) is 3.20. The molecule has 0 aliphatic carbocycles. The highest BCUT2D eigenvalue weighted by atomic mass is 79.9. The van der Waals surface area contributed by atoms with E-state index in [0.29, 0.717) is 6.54 Å². The molecule has 0 radical (unpaired) electrons. The van der Waals surface area contributed by atoms with Gasteiger partial charge in [0.05, 0.1) is 11.6 Å². The van der Waals surface area contributed by atoms with E-state index in [2.05, 4.69) is 21.2 Å². The predicted molar refractivity (Wildman–Crippen MR) is 82.3 cm³/mol. The molecule has 1 aliphatic heterocycles. The molecule has 4 nitrogen and oxygen atoms in total. The molecule has 5 heteroatoms. The maximum atomic E-state index is 12.3. The van der Waals surface area contributed by atoms with Crippen molar-refractivity contribution in [3.8, 4) is 0 Å². The number of rotatable bonds is 2. The number of hydrogen-bond acceptors (Lipinski definition) is 2. The second-order valence-corrected chi connectivity index (χ2v) is 6.90. The Labute approximate surface area is 127 Å². The van der Waals surface area contributed by atoms with Crippen molar-refractivity contribution in [1.29, 1.82) is 0 Å². The molecular formula is C15H19BrN2O2. The Morgan fingerprint density at radius 1 is 1.35 bits per heavy atom. The molecule has 1 aromatic carbocycles. The van der Waals surface area contributed by atoms with Gasteiger partial charge in [-0.1, -0.05) is 12.1 Å². The molecule has 1 aromatic rings. The minimum Gasteiger partial charge on any atom is -0.337 e. The normalized spacial score (nSPS) is 19.3. The molecule has 0 saturated carbocycles. The minimum absolute atomic E-state index is 0.0461. The number of benzene rings is 1. The van der Waals surface area contributed by atoms with Gasteiger partial charge in [-0.15, -0.1) is 0 Å². The molecule has 1 saturated heterocycles. The molecule has 0 bridgehead atoms. The van der Waals surface area contributed by atoms with Gasteiger partial charge >= 0.3 is 0 Å². The fraction of sp³-hybridized carbons (Fsp3) is 0.467. The number of carbonyl (C=O) groups is 2. The van der Waals surface area contributed by atoms with Crippen LogP contribution < -0.4 is 5.32 Å². The summed E-state index contributed by atoms with van der Waals surface area (Å²) in [7, 11) is 0. The number of para-hydroxylation sites is 1. The van der Waals surface area contributed by atoms with Gasteiger partial charge < -0.3 is 10.2 Å². The molecule has 1 heterocycles. The topological polar surface area (TPSA) is 49.4 Å². The molecule has 1 aliphatic rings. The molecule has 0 unspecified atom stereocenters. The monoisotopic (exact) mass is 338 g/mol. The molecule has 1 N–H and O–H groups in total. The fourth-order valence-corrected chi connectivity index (χ4v) is 2.71. The summed E-state index contributed by atoms with van der Waals surface area (Å²) in [6.45, 7) is 6.44. The Kier molecular flexibility index (Phi) is 4.18. The lowest BCUT2D eigenvalue weighted by Crippen LogP contribution is -2.42. The van der Waals surface area contributed by atoms with Crippen molar-refractivity contribution in [1.82, 2.24) is 4.90 Å². The molecular weight excluding hydrogens is 320 g/mol. The molecule has 1 fully saturated rings. The van der Waals surface area contributed by atoms with Crippen LogP contribution in [0.5, 0.6) is 0 Å². The van der Waals surface area contributed by atoms with Gasteiger partial charge in [0.2, 0.25) is 11.8 Å². The highest BCUT2D eigenvalue weighted by Gasteiger charge is 2.39. The predicted octanol–water partition coefficient (Wildman–Crippen LogP) is 3.03. The van der Waals surface area contributed by atoms with E-state index in [-0.39, 0.29) is 29.7 Å². The maximum absolute atomic E-state index is 12.3. The van der Waals surface area contributed by atoms with Crippen LogP contribution in [-0.2, 0) is 9.59 Å². The van der Waals surface area contributed by atoms with Crippen LogP contribution in [-0.4, -0.2) is 28.8 Å². The Morgan fingerprint density at radius 2 is 2.00 bits per heavy atom. The van der Waals surface area contributed by atoms with Crippen molar-refractivity contribution in [2.24, 2.45) is 5.92 Å². The number of nitrogens with one attached hydrogen (secondary N) is 1. The molecule has 108 valence electrons. The number of nitrogens with zero attached hydrogens (tertiary/aromatic N) is 1. The third-order valence-corrected chi connectivity index (χ3v) is 4.13. The summed E-state index contributed by atoms with van der Waals surface area (Å²) in [5.74, 6) is -0.337. The lowest BCUT2D eigenvalue weighted by molar-refractivity contribution is -0.131. The summed E-state index contributed by atoms with van der Waals surface area (Å²) in [5.41, 5.74) is 0.499.